The number of rotatable bonds is 6. The van der Waals surface area contributed by atoms with Gasteiger partial charge in [0, 0.05) is 24.3 Å². The standard InChI is InChI=1S/C19H19FN3O3S/c1-23-10-4-3-5-19(23)18-12-16(26-2)11-15(22-18)13-21-27(24,25)17-8-6-14(20)7-9-17/h3-12,21H,13H2,1-2H3/q+1. The van der Waals surface area contributed by atoms with Gasteiger partial charge in [-0.25, -0.2) is 22.5 Å². The zero-order valence-corrected chi connectivity index (χ0v) is 15.7. The summed E-state index contributed by atoms with van der Waals surface area (Å²) in [5.74, 6) is 0.0728. The Kier molecular flexibility index (Phi) is 5.48. The molecule has 1 N–H and O–H groups in total. The molecule has 27 heavy (non-hydrogen) atoms. The maximum Gasteiger partial charge on any atom is 0.240 e. The molecule has 2 aromatic heterocycles. The van der Waals surface area contributed by atoms with Crippen molar-refractivity contribution in [1.82, 2.24) is 9.71 Å². The summed E-state index contributed by atoms with van der Waals surface area (Å²) in [4.78, 5) is 4.52. The highest BCUT2D eigenvalue weighted by Gasteiger charge is 2.17. The van der Waals surface area contributed by atoms with E-state index < -0.39 is 15.8 Å². The number of benzene rings is 1. The zero-order chi connectivity index (χ0) is 19.4. The smallest absolute Gasteiger partial charge is 0.240 e. The quantitative estimate of drug-likeness (QED) is 0.657. The Balaban J connectivity index is 1.88. The number of aromatic nitrogens is 2. The Morgan fingerprint density at radius 2 is 1.89 bits per heavy atom. The molecule has 8 heteroatoms. The predicted octanol–water partition coefficient (Wildman–Crippen LogP) is 2.20. The molecule has 6 nitrogen and oxygen atoms in total. The summed E-state index contributed by atoms with van der Waals surface area (Å²) in [6.07, 6.45) is 1.90. The normalized spacial score (nSPS) is 11.4. The van der Waals surface area contributed by atoms with Gasteiger partial charge in [0.2, 0.25) is 15.7 Å². The lowest BCUT2D eigenvalue weighted by molar-refractivity contribution is -0.660. The first-order chi connectivity index (χ1) is 12.9. The van der Waals surface area contributed by atoms with Crippen LogP contribution in [0.3, 0.4) is 0 Å². The summed E-state index contributed by atoms with van der Waals surface area (Å²) in [6.45, 7) is -0.0273. The van der Waals surface area contributed by atoms with Gasteiger partial charge in [0.15, 0.2) is 6.20 Å². The number of aryl methyl sites for hydroxylation is 1. The summed E-state index contributed by atoms with van der Waals surface area (Å²) in [5.41, 5.74) is 2.02. The van der Waals surface area contributed by atoms with Gasteiger partial charge in [-0.1, -0.05) is 0 Å². The van der Waals surface area contributed by atoms with Crippen molar-refractivity contribution in [3.8, 4) is 17.1 Å². The number of halogens is 1. The minimum Gasteiger partial charge on any atom is -0.497 e. The van der Waals surface area contributed by atoms with Gasteiger partial charge in [-0.2, -0.15) is 4.57 Å². The molecule has 0 spiro atoms. The monoisotopic (exact) mass is 388 g/mol. The van der Waals surface area contributed by atoms with Crippen molar-refractivity contribution in [1.29, 1.82) is 0 Å². The van der Waals surface area contributed by atoms with E-state index in [-0.39, 0.29) is 11.4 Å². The van der Waals surface area contributed by atoms with E-state index in [9.17, 15) is 12.8 Å². The van der Waals surface area contributed by atoms with Crippen LogP contribution in [-0.2, 0) is 23.6 Å². The molecule has 2 heterocycles. The lowest BCUT2D eigenvalue weighted by atomic mass is 10.2. The maximum absolute atomic E-state index is 13.0. The molecular weight excluding hydrogens is 369 g/mol. The van der Waals surface area contributed by atoms with Crippen molar-refractivity contribution >= 4 is 10.0 Å². The van der Waals surface area contributed by atoms with E-state index in [1.165, 1.54) is 19.2 Å². The van der Waals surface area contributed by atoms with Crippen LogP contribution >= 0.6 is 0 Å². The van der Waals surface area contributed by atoms with E-state index in [2.05, 4.69) is 9.71 Å². The first-order valence-corrected chi connectivity index (χ1v) is 9.62. The largest absolute Gasteiger partial charge is 0.497 e. The average Bonchev–Trinajstić information content (AvgIpc) is 2.67. The molecule has 0 aliphatic carbocycles. The molecule has 3 rings (SSSR count). The fourth-order valence-corrected chi connectivity index (χ4v) is 3.55. The molecule has 0 unspecified atom stereocenters. The van der Waals surface area contributed by atoms with Crippen molar-refractivity contribution in [2.45, 2.75) is 11.4 Å². The Labute approximate surface area is 157 Å². The molecule has 0 bridgehead atoms. The SMILES string of the molecule is COc1cc(CNS(=O)(=O)c2ccc(F)cc2)nc(-c2cccc[n+]2C)c1. The maximum atomic E-state index is 13.0. The lowest BCUT2D eigenvalue weighted by Gasteiger charge is -2.09. The van der Waals surface area contributed by atoms with Gasteiger partial charge >= 0.3 is 0 Å². The molecule has 0 aliphatic rings. The molecule has 0 saturated carbocycles. The number of ether oxygens (including phenoxy) is 1. The van der Waals surface area contributed by atoms with Crippen LogP contribution in [0, 0.1) is 5.82 Å². The van der Waals surface area contributed by atoms with Crippen LogP contribution in [0.5, 0.6) is 5.75 Å². The van der Waals surface area contributed by atoms with Crippen LogP contribution in [0.25, 0.3) is 11.4 Å². The van der Waals surface area contributed by atoms with Crippen LogP contribution in [0.1, 0.15) is 5.69 Å². The van der Waals surface area contributed by atoms with Gasteiger partial charge in [-0.15, -0.1) is 0 Å². The summed E-state index contributed by atoms with van der Waals surface area (Å²) in [5, 5.41) is 0. The second-order valence-electron chi connectivity index (χ2n) is 5.86. The minimum absolute atomic E-state index is 0.0125. The van der Waals surface area contributed by atoms with E-state index in [1.807, 2.05) is 36.0 Å². The van der Waals surface area contributed by atoms with Gasteiger partial charge in [0.05, 0.1) is 24.2 Å². The molecule has 0 amide bonds. The zero-order valence-electron chi connectivity index (χ0n) is 14.9. The summed E-state index contributed by atoms with van der Waals surface area (Å²) >= 11 is 0. The third kappa shape index (κ3) is 4.47. The van der Waals surface area contributed by atoms with Crippen molar-refractivity contribution in [2.24, 2.45) is 7.05 Å². The number of sulfonamides is 1. The Morgan fingerprint density at radius 3 is 2.56 bits per heavy atom. The average molecular weight is 388 g/mol. The van der Waals surface area contributed by atoms with Crippen LogP contribution < -0.4 is 14.0 Å². The molecule has 0 saturated heterocycles. The van der Waals surface area contributed by atoms with Crippen LogP contribution in [0.2, 0.25) is 0 Å². The fourth-order valence-electron chi connectivity index (χ4n) is 2.55. The predicted molar refractivity (Wildman–Crippen MR) is 97.8 cm³/mol. The van der Waals surface area contributed by atoms with Crippen molar-refractivity contribution in [3.63, 3.8) is 0 Å². The minimum atomic E-state index is -3.78. The molecule has 1 aromatic carbocycles. The Hall–Kier alpha value is -2.84. The number of nitrogens with one attached hydrogen (secondary N) is 1. The van der Waals surface area contributed by atoms with Crippen LogP contribution in [-0.4, -0.2) is 20.5 Å². The summed E-state index contributed by atoms with van der Waals surface area (Å²) < 4.78 is 47.5. The molecule has 0 aliphatic heterocycles. The highest BCUT2D eigenvalue weighted by molar-refractivity contribution is 7.89. The number of hydrogen-bond acceptors (Lipinski definition) is 4. The summed E-state index contributed by atoms with van der Waals surface area (Å²) in [7, 11) is -0.349. The van der Waals surface area contributed by atoms with Gasteiger partial charge in [0.1, 0.15) is 24.3 Å². The second-order valence-corrected chi connectivity index (χ2v) is 7.63. The van der Waals surface area contributed by atoms with Crippen molar-refractivity contribution < 1.29 is 22.1 Å². The highest BCUT2D eigenvalue weighted by Crippen LogP contribution is 2.21. The van der Waals surface area contributed by atoms with Gasteiger partial charge in [0.25, 0.3) is 0 Å². The van der Waals surface area contributed by atoms with E-state index in [1.54, 1.807) is 12.1 Å². The van der Waals surface area contributed by atoms with Gasteiger partial charge in [-0.3, -0.25) is 0 Å². The topological polar surface area (TPSA) is 72.2 Å². The molecule has 140 valence electrons. The van der Waals surface area contributed by atoms with E-state index >= 15 is 0 Å². The highest BCUT2D eigenvalue weighted by atomic mass is 32.2. The number of hydrogen-bond donors (Lipinski definition) is 1. The van der Waals surface area contributed by atoms with E-state index in [4.69, 9.17) is 4.74 Å². The van der Waals surface area contributed by atoms with Gasteiger partial charge < -0.3 is 4.74 Å². The van der Waals surface area contributed by atoms with Crippen molar-refractivity contribution in [3.05, 3.63) is 72.3 Å². The van der Waals surface area contributed by atoms with Gasteiger partial charge in [-0.05, 0) is 30.3 Å². The van der Waals surface area contributed by atoms with E-state index in [0.29, 0.717) is 17.1 Å². The number of methoxy groups -OCH3 is 1. The number of pyridine rings is 2. The molecule has 0 radical (unpaired) electrons. The second kappa shape index (κ2) is 7.81. The summed E-state index contributed by atoms with van der Waals surface area (Å²) in [6, 6.07) is 13.8. The van der Waals surface area contributed by atoms with Crippen LogP contribution in [0.15, 0.2) is 65.7 Å². The Bertz CT molecular complexity index is 1050. The lowest BCUT2D eigenvalue weighted by Crippen LogP contribution is -2.30. The fraction of sp³-hybridized carbons (Fsp3) is 0.158. The third-order valence-electron chi connectivity index (χ3n) is 3.97. The molecule has 0 atom stereocenters. The first kappa shape index (κ1) is 18.9. The molecule has 3 aromatic rings. The first-order valence-electron chi connectivity index (χ1n) is 8.14. The Morgan fingerprint density at radius 1 is 1.15 bits per heavy atom. The van der Waals surface area contributed by atoms with E-state index in [0.717, 1.165) is 17.8 Å². The molecular formula is C19H19FN3O3S+. The third-order valence-corrected chi connectivity index (χ3v) is 5.39. The van der Waals surface area contributed by atoms with Crippen molar-refractivity contribution in [2.75, 3.05) is 7.11 Å². The molecule has 0 fully saturated rings. The number of nitrogens with zero attached hydrogens (tertiary/aromatic N) is 2. The van der Waals surface area contributed by atoms with Crippen LogP contribution in [0.4, 0.5) is 4.39 Å².